The normalized spacial score (nSPS) is 26.4. The summed E-state index contributed by atoms with van der Waals surface area (Å²) in [6.45, 7) is 5.64. The molecule has 1 spiro atoms. The number of hydrogen-bond donors (Lipinski definition) is 1. The second kappa shape index (κ2) is 8.01. The van der Waals surface area contributed by atoms with Crippen molar-refractivity contribution in [3.05, 3.63) is 35.9 Å². The van der Waals surface area contributed by atoms with E-state index in [1.165, 1.54) is 25.7 Å². The van der Waals surface area contributed by atoms with Gasteiger partial charge in [0.15, 0.2) is 0 Å². The molecule has 5 heteroatoms. The monoisotopic (exact) mass is 369 g/mol. The van der Waals surface area contributed by atoms with Gasteiger partial charge in [0.05, 0.1) is 0 Å². The van der Waals surface area contributed by atoms with Crippen LogP contribution in [0.25, 0.3) is 0 Å². The van der Waals surface area contributed by atoms with Crippen LogP contribution in [0.4, 0.5) is 0 Å². The standard InChI is InChI=1S/C22H31N3O2/c26-20-9-11-22(17-25(20)15-18-7-8-18)10-4-13-24(16-22)14-12-23-21(27)19-5-2-1-3-6-19/h1-3,5-6,18H,4,7-17H2,(H,23,27)/t22-/m0/s1. The highest BCUT2D eigenvalue weighted by molar-refractivity contribution is 5.94. The van der Waals surface area contributed by atoms with Gasteiger partial charge in [-0.1, -0.05) is 18.2 Å². The highest BCUT2D eigenvalue weighted by Crippen LogP contribution is 2.40. The summed E-state index contributed by atoms with van der Waals surface area (Å²) in [5.74, 6) is 1.12. The third-order valence-electron chi connectivity index (χ3n) is 6.41. The van der Waals surface area contributed by atoms with Gasteiger partial charge in [0.1, 0.15) is 0 Å². The van der Waals surface area contributed by atoms with Gasteiger partial charge in [0, 0.05) is 50.1 Å². The Balaban J connectivity index is 1.27. The largest absolute Gasteiger partial charge is 0.351 e. The van der Waals surface area contributed by atoms with E-state index in [-0.39, 0.29) is 11.3 Å². The van der Waals surface area contributed by atoms with Crippen LogP contribution in [0, 0.1) is 11.3 Å². The summed E-state index contributed by atoms with van der Waals surface area (Å²) in [6, 6.07) is 9.39. The summed E-state index contributed by atoms with van der Waals surface area (Å²) in [4.78, 5) is 29.1. The molecule has 0 unspecified atom stereocenters. The van der Waals surface area contributed by atoms with Crippen molar-refractivity contribution in [1.82, 2.24) is 15.1 Å². The molecule has 1 aromatic carbocycles. The summed E-state index contributed by atoms with van der Waals surface area (Å²) in [7, 11) is 0. The lowest BCUT2D eigenvalue weighted by atomic mass is 9.73. The van der Waals surface area contributed by atoms with Crippen LogP contribution in [0.3, 0.4) is 0 Å². The zero-order chi connectivity index (χ0) is 18.7. The first kappa shape index (κ1) is 18.5. The van der Waals surface area contributed by atoms with Crippen molar-refractivity contribution < 1.29 is 9.59 Å². The molecule has 4 rings (SSSR count). The van der Waals surface area contributed by atoms with E-state index in [9.17, 15) is 9.59 Å². The van der Waals surface area contributed by atoms with Crippen LogP contribution in [-0.4, -0.2) is 60.9 Å². The molecular weight excluding hydrogens is 338 g/mol. The van der Waals surface area contributed by atoms with Gasteiger partial charge in [0.25, 0.3) is 5.91 Å². The fourth-order valence-electron chi connectivity index (χ4n) is 4.73. The number of benzene rings is 1. The number of rotatable bonds is 6. The first-order chi connectivity index (χ1) is 13.1. The SMILES string of the molecule is O=C(NCCN1CCC[C@]2(CCC(=O)N(CC3CC3)C2)C1)c1ccccc1. The van der Waals surface area contributed by atoms with Crippen LogP contribution >= 0.6 is 0 Å². The molecule has 1 atom stereocenters. The van der Waals surface area contributed by atoms with Crippen molar-refractivity contribution in [2.75, 3.05) is 39.3 Å². The highest BCUT2D eigenvalue weighted by atomic mass is 16.2. The molecule has 0 aromatic heterocycles. The summed E-state index contributed by atoms with van der Waals surface area (Å²) in [6.07, 6.45) is 6.76. The Morgan fingerprint density at radius 1 is 1.15 bits per heavy atom. The topological polar surface area (TPSA) is 52.7 Å². The molecule has 3 aliphatic rings. The maximum Gasteiger partial charge on any atom is 0.251 e. The summed E-state index contributed by atoms with van der Waals surface area (Å²) in [5.41, 5.74) is 0.985. The molecule has 0 bridgehead atoms. The van der Waals surface area contributed by atoms with E-state index < -0.39 is 0 Å². The summed E-state index contributed by atoms with van der Waals surface area (Å²) in [5, 5.41) is 3.04. The minimum absolute atomic E-state index is 0.00111. The number of likely N-dealkylation sites (tertiary alicyclic amines) is 2. The lowest BCUT2D eigenvalue weighted by Crippen LogP contribution is -2.55. The van der Waals surface area contributed by atoms with E-state index in [4.69, 9.17) is 0 Å². The third kappa shape index (κ3) is 4.70. The van der Waals surface area contributed by atoms with Crippen LogP contribution in [-0.2, 0) is 4.79 Å². The highest BCUT2D eigenvalue weighted by Gasteiger charge is 2.42. The smallest absolute Gasteiger partial charge is 0.251 e. The Bertz CT molecular complexity index is 673. The summed E-state index contributed by atoms with van der Waals surface area (Å²) < 4.78 is 0. The quantitative estimate of drug-likeness (QED) is 0.838. The van der Waals surface area contributed by atoms with E-state index in [2.05, 4.69) is 15.1 Å². The number of amides is 2. The van der Waals surface area contributed by atoms with Gasteiger partial charge in [-0.15, -0.1) is 0 Å². The lowest BCUT2D eigenvalue weighted by Gasteiger charge is -2.48. The van der Waals surface area contributed by atoms with Crippen LogP contribution < -0.4 is 5.32 Å². The molecule has 2 aliphatic heterocycles. The zero-order valence-electron chi connectivity index (χ0n) is 16.2. The first-order valence-electron chi connectivity index (χ1n) is 10.5. The van der Waals surface area contributed by atoms with Crippen molar-refractivity contribution >= 4 is 11.8 Å². The molecule has 1 aromatic rings. The van der Waals surface area contributed by atoms with Gasteiger partial charge in [-0.05, 0) is 56.7 Å². The van der Waals surface area contributed by atoms with Crippen LogP contribution in [0.2, 0.25) is 0 Å². The van der Waals surface area contributed by atoms with Crippen LogP contribution in [0.15, 0.2) is 30.3 Å². The fourth-order valence-corrected chi connectivity index (χ4v) is 4.73. The van der Waals surface area contributed by atoms with Crippen molar-refractivity contribution in [2.24, 2.45) is 11.3 Å². The molecule has 27 heavy (non-hydrogen) atoms. The van der Waals surface area contributed by atoms with E-state index in [0.717, 1.165) is 45.1 Å². The Labute approximate surface area is 162 Å². The zero-order valence-corrected chi connectivity index (χ0v) is 16.2. The second-order valence-electron chi connectivity index (χ2n) is 8.72. The van der Waals surface area contributed by atoms with Gasteiger partial charge in [-0.2, -0.15) is 0 Å². The minimum atomic E-state index is 0.00111. The molecule has 1 aliphatic carbocycles. The van der Waals surface area contributed by atoms with Gasteiger partial charge < -0.3 is 15.1 Å². The van der Waals surface area contributed by atoms with E-state index >= 15 is 0 Å². The molecule has 2 saturated heterocycles. The van der Waals surface area contributed by atoms with E-state index in [1.807, 2.05) is 30.3 Å². The molecule has 3 fully saturated rings. The van der Waals surface area contributed by atoms with Crippen molar-refractivity contribution in [1.29, 1.82) is 0 Å². The maximum absolute atomic E-state index is 12.3. The van der Waals surface area contributed by atoms with Gasteiger partial charge >= 0.3 is 0 Å². The number of hydrogen-bond acceptors (Lipinski definition) is 3. The molecular formula is C22H31N3O2. The number of piperidine rings is 2. The Morgan fingerprint density at radius 2 is 1.96 bits per heavy atom. The number of carbonyl (C=O) groups excluding carboxylic acids is 2. The predicted molar refractivity (Wildman–Crippen MR) is 105 cm³/mol. The number of carbonyl (C=O) groups is 2. The Hall–Kier alpha value is -1.88. The van der Waals surface area contributed by atoms with Crippen molar-refractivity contribution in [3.8, 4) is 0 Å². The van der Waals surface area contributed by atoms with Gasteiger partial charge in [-0.3, -0.25) is 9.59 Å². The van der Waals surface area contributed by atoms with Crippen molar-refractivity contribution in [2.45, 2.75) is 38.5 Å². The number of nitrogens with one attached hydrogen (secondary N) is 1. The third-order valence-corrected chi connectivity index (χ3v) is 6.41. The Kier molecular flexibility index (Phi) is 5.48. The predicted octanol–water partition coefficient (Wildman–Crippen LogP) is 2.53. The molecule has 2 amide bonds. The van der Waals surface area contributed by atoms with Crippen LogP contribution in [0.1, 0.15) is 48.9 Å². The summed E-state index contributed by atoms with van der Waals surface area (Å²) >= 11 is 0. The fraction of sp³-hybridized carbons (Fsp3) is 0.636. The van der Waals surface area contributed by atoms with E-state index in [1.54, 1.807) is 0 Å². The molecule has 2 heterocycles. The average molecular weight is 370 g/mol. The molecule has 146 valence electrons. The minimum Gasteiger partial charge on any atom is -0.351 e. The van der Waals surface area contributed by atoms with Crippen LogP contribution in [0.5, 0.6) is 0 Å². The number of nitrogens with zero attached hydrogens (tertiary/aromatic N) is 2. The molecule has 1 N–H and O–H groups in total. The maximum atomic E-state index is 12.3. The molecule has 5 nitrogen and oxygen atoms in total. The molecule has 1 saturated carbocycles. The average Bonchev–Trinajstić information content (AvgIpc) is 3.50. The van der Waals surface area contributed by atoms with E-state index in [0.29, 0.717) is 24.4 Å². The molecule has 0 radical (unpaired) electrons. The lowest BCUT2D eigenvalue weighted by molar-refractivity contribution is -0.139. The van der Waals surface area contributed by atoms with Crippen molar-refractivity contribution in [3.63, 3.8) is 0 Å². The van der Waals surface area contributed by atoms with Gasteiger partial charge in [0.2, 0.25) is 5.91 Å². The Morgan fingerprint density at radius 3 is 2.74 bits per heavy atom. The first-order valence-corrected chi connectivity index (χ1v) is 10.5. The van der Waals surface area contributed by atoms with Gasteiger partial charge in [-0.25, -0.2) is 0 Å². The second-order valence-corrected chi connectivity index (χ2v) is 8.72.